The van der Waals surface area contributed by atoms with E-state index in [4.69, 9.17) is 28.4 Å². The van der Waals surface area contributed by atoms with Gasteiger partial charge in [-0.15, -0.1) is 0 Å². The van der Waals surface area contributed by atoms with E-state index in [9.17, 15) is 9.90 Å². The molecule has 0 amide bonds. The van der Waals surface area contributed by atoms with Gasteiger partial charge in [-0.25, -0.2) is 4.79 Å². The summed E-state index contributed by atoms with van der Waals surface area (Å²) in [6.45, 7) is 3.61. The van der Waals surface area contributed by atoms with Crippen LogP contribution < -0.4 is 9.47 Å². The van der Waals surface area contributed by atoms with Crippen LogP contribution >= 0.6 is 0 Å². The van der Waals surface area contributed by atoms with E-state index in [1.807, 2.05) is 19.9 Å². The highest BCUT2D eigenvalue weighted by atomic mass is 16.8. The third-order valence-corrected chi connectivity index (χ3v) is 5.36. The molecule has 1 aromatic rings. The van der Waals surface area contributed by atoms with Gasteiger partial charge in [0.25, 0.3) is 0 Å². The molecule has 2 saturated heterocycles. The van der Waals surface area contributed by atoms with Crippen LogP contribution in [0.2, 0.25) is 0 Å². The number of benzene rings is 1. The number of hydrogen-bond donors (Lipinski definition) is 1. The van der Waals surface area contributed by atoms with Crippen LogP contribution in [-0.4, -0.2) is 69.2 Å². The first kappa shape index (κ1) is 21.8. The third kappa shape index (κ3) is 4.50. The Morgan fingerprint density at radius 3 is 2.38 bits per heavy atom. The van der Waals surface area contributed by atoms with Crippen molar-refractivity contribution < 1.29 is 38.3 Å². The summed E-state index contributed by atoms with van der Waals surface area (Å²) in [5.41, 5.74) is 1.18. The number of esters is 1. The molecule has 3 rings (SSSR count). The van der Waals surface area contributed by atoms with Gasteiger partial charge in [0.1, 0.15) is 35.4 Å². The first-order valence-corrected chi connectivity index (χ1v) is 9.78. The maximum Gasteiger partial charge on any atom is 0.341 e. The average Bonchev–Trinajstić information content (AvgIpc) is 3.19. The molecule has 0 aliphatic carbocycles. The summed E-state index contributed by atoms with van der Waals surface area (Å²) in [5, 5.41) is 9.60. The molecule has 4 atom stereocenters. The van der Waals surface area contributed by atoms with Gasteiger partial charge in [0.15, 0.2) is 5.79 Å². The Kier molecular flexibility index (Phi) is 6.68. The van der Waals surface area contributed by atoms with Crippen molar-refractivity contribution in [1.29, 1.82) is 0 Å². The van der Waals surface area contributed by atoms with E-state index >= 15 is 0 Å². The maximum atomic E-state index is 12.3. The highest BCUT2D eigenvalue weighted by Gasteiger charge is 2.54. The van der Waals surface area contributed by atoms with Crippen LogP contribution in [-0.2, 0) is 25.4 Å². The second kappa shape index (κ2) is 8.87. The van der Waals surface area contributed by atoms with Gasteiger partial charge >= 0.3 is 5.97 Å². The predicted molar refractivity (Wildman–Crippen MR) is 103 cm³/mol. The van der Waals surface area contributed by atoms with E-state index in [1.54, 1.807) is 13.2 Å². The highest BCUT2D eigenvalue weighted by Crippen LogP contribution is 2.40. The number of hydrogen-bond acceptors (Lipinski definition) is 8. The fourth-order valence-electron chi connectivity index (χ4n) is 4.10. The number of rotatable bonds is 8. The number of carbonyl (C=O) groups excluding carboxylic acids is 1. The Balaban J connectivity index is 1.72. The third-order valence-electron chi connectivity index (χ3n) is 5.36. The van der Waals surface area contributed by atoms with E-state index in [0.29, 0.717) is 29.9 Å². The predicted octanol–water partition coefficient (Wildman–Crippen LogP) is 2.09. The van der Waals surface area contributed by atoms with Crippen molar-refractivity contribution in [2.75, 3.05) is 27.9 Å². The smallest absolute Gasteiger partial charge is 0.341 e. The van der Waals surface area contributed by atoms with E-state index in [1.165, 1.54) is 14.2 Å². The van der Waals surface area contributed by atoms with Crippen LogP contribution in [0.15, 0.2) is 12.1 Å². The molecule has 162 valence electrons. The van der Waals surface area contributed by atoms with E-state index in [-0.39, 0.29) is 24.9 Å². The van der Waals surface area contributed by atoms with Crippen LogP contribution in [0, 0.1) is 0 Å². The van der Waals surface area contributed by atoms with Gasteiger partial charge in [-0.1, -0.05) is 0 Å². The molecule has 1 aromatic carbocycles. The lowest BCUT2D eigenvalue weighted by atomic mass is 9.97. The van der Waals surface area contributed by atoms with Crippen molar-refractivity contribution in [1.82, 2.24) is 0 Å². The Morgan fingerprint density at radius 2 is 1.79 bits per heavy atom. The number of methoxy groups -OCH3 is 3. The van der Waals surface area contributed by atoms with Gasteiger partial charge in [0.05, 0.1) is 34.0 Å². The molecular weight excluding hydrogens is 380 g/mol. The minimum Gasteiger partial charge on any atom is -0.497 e. The fourth-order valence-corrected chi connectivity index (χ4v) is 4.10. The Morgan fingerprint density at radius 1 is 1.10 bits per heavy atom. The SMILES string of the molecule is COC(=O)c1c(CCC[C@H]2O[C@H](CO)[C@H]3OC(C)(C)O[C@H]32)cc(OC)cc1OC. The van der Waals surface area contributed by atoms with Gasteiger partial charge in [0.2, 0.25) is 0 Å². The summed E-state index contributed by atoms with van der Waals surface area (Å²) in [6.07, 6.45) is 0.948. The molecule has 0 spiro atoms. The zero-order valence-electron chi connectivity index (χ0n) is 17.6. The summed E-state index contributed by atoms with van der Waals surface area (Å²) in [4.78, 5) is 12.3. The van der Waals surface area contributed by atoms with Crippen molar-refractivity contribution in [3.63, 3.8) is 0 Å². The van der Waals surface area contributed by atoms with Crippen LogP contribution in [0.25, 0.3) is 0 Å². The quantitative estimate of drug-likeness (QED) is 0.652. The Bertz CT molecular complexity index is 732. The lowest BCUT2D eigenvalue weighted by Gasteiger charge is -2.23. The summed E-state index contributed by atoms with van der Waals surface area (Å²) >= 11 is 0. The normalized spacial score (nSPS) is 27.5. The molecule has 29 heavy (non-hydrogen) atoms. The van der Waals surface area contributed by atoms with Crippen molar-refractivity contribution >= 4 is 5.97 Å². The number of aliphatic hydroxyl groups excluding tert-OH is 1. The molecule has 0 unspecified atom stereocenters. The number of aryl methyl sites for hydroxylation is 1. The number of ether oxygens (including phenoxy) is 6. The molecule has 0 radical (unpaired) electrons. The van der Waals surface area contributed by atoms with Crippen LogP contribution in [0.5, 0.6) is 11.5 Å². The van der Waals surface area contributed by atoms with Crippen LogP contribution in [0.4, 0.5) is 0 Å². The highest BCUT2D eigenvalue weighted by molar-refractivity contribution is 5.94. The number of aliphatic hydroxyl groups is 1. The first-order valence-electron chi connectivity index (χ1n) is 9.78. The molecule has 0 bridgehead atoms. The van der Waals surface area contributed by atoms with Gasteiger partial charge in [0, 0.05) is 6.07 Å². The Hall–Kier alpha value is -1.87. The minimum atomic E-state index is -0.691. The lowest BCUT2D eigenvalue weighted by Crippen LogP contribution is -2.31. The molecule has 2 fully saturated rings. The molecule has 0 aromatic heterocycles. The molecule has 8 nitrogen and oxygen atoms in total. The number of fused-ring (bicyclic) bond motifs is 1. The largest absolute Gasteiger partial charge is 0.497 e. The van der Waals surface area contributed by atoms with Gasteiger partial charge in [-0.2, -0.15) is 0 Å². The summed E-state index contributed by atoms with van der Waals surface area (Å²) < 4.78 is 33.5. The Labute approximate surface area is 171 Å². The molecule has 8 heteroatoms. The van der Waals surface area contributed by atoms with E-state index < -0.39 is 17.9 Å². The van der Waals surface area contributed by atoms with Gasteiger partial charge in [-0.3, -0.25) is 0 Å². The van der Waals surface area contributed by atoms with E-state index in [0.717, 1.165) is 12.0 Å². The van der Waals surface area contributed by atoms with E-state index in [2.05, 4.69) is 0 Å². The fraction of sp³-hybridized carbons (Fsp3) is 0.667. The maximum absolute atomic E-state index is 12.3. The molecule has 2 aliphatic heterocycles. The van der Waals surface area contributed by atoms with Crippen molar-refractivity contribution in [2.45, 2.75) is 63.3 Å². The lowest BCUT2D eigenvalue weighted by molar-refractivity contribution is -0.190. The topological polar surface area (TPSA) is 92.7 Å². The first-order chi connectivity index (χ1) is 13.8. The standard InChI is InChI=1S/C21H30O8/c1-21(2)28-18-14(27-16(11-22)19(18)29-21)8-6-7-12-9-13(24-3)10-15(25-4)17(12)20(23)26-5/h9-10,14,16,18-19,22H,6-8,11H2,1-5H3/t14-,16-,18+,19-/m1/s1. The second-order valence-electron chi connectivity index (χ2n) is 7.71. The van der Waals surface area contributed by atoms with Crippen LogP contribution in [0.1, 0.15) is 42.6 Å². The van der Waals surface area contributed by atoms with Gasteiger partial charge < -0.3 is 33.5 Å². The van der Waals surface area contributed by atoms with Crippen molar-refractivity contribution in [2.24, 2.45) is 0 Å². The molecule has 2 aliphatic rings. The molecule has 0 saturated carbocycles. The second-order valence-corrected chi connectivity index (χ2v) is 7.71. The average molecular weight is 410 g/mol. The van der Waals surface area contributed by atoms with Crippen molar-refractivity contribution in [3.05, 3.63) is 23.3 Å². The molecule has 2 heterocycles. The minimum absolute atomic E-state index is 0.114. The summed E-state index contributed by atoms with van der Waals surface area (Å²) in [6, 6.07) is 3.49. The van der Waals surface area contributed by atoms with Crippen molar-refractivity contribution in [3.8, 4) is 11.5 Å². The monoisotopic (exact) mass is 410 g/mol. The number of carbonyl (C=O) groups is 1. The molecule has 1 N–H and O–H groups in total. The van der Waals surface area contributed by atoms with Gasteiger partial charge in [-0.05, 0) is 44.7 Å². The molecular formula is C21H30O8. The zero-order chi connectivity index (χ0) is 21.2. The summed E-state index contributed by atoms with van der Waals surface area (Å²) in [5.74, 6) is -0.121. The van der Waals surface area contributed by atoms with Crippen LogP contribution in [0.3, 0.4) is 0 Å². The zero-order valence-corrected chi connectivity index (χ0v) is 17.6. The summed E-state index contributed by atoms with van der Waals surface area (Å²) in [7, 11) is 4.42.